The lowest BCUT2D eigenvalue weighted by atomic mass is 10.0. The van der Waals surface area contributed by atoms with Crippen molar-refractivity contribution in [3.63, 3.8) is 0 Å². The van der Waals surface area contributed by atoms with Crippen LogP contribution in [0.25, 0.3) is 11.0 Å². The predicted molar refractivity (Wildman–Crippen MR) is 106 cm³/mol. The van der Waals surface area contributed by atoms with Crippen LogP contribution < -0.4 is 5.32 Å². The van der Waals surface area contributed by atoms with Gasteiger partial charge in [-0.25, -0.2) is 9.67 Å². The van der Waals surface area contributed by atoms with Gasteiger partial charge in [0.2, 0.25) is 0 Å². The second-order valence-corrected chi connectivity index (χ2v) is 7.11. The molecule has 0 spiro atoms. The van der Waals surface area contributed by atoms with Crippen molar-refractivity contribution in [2.75, 3.05) is 0 Å². The zero-order chi connectivity index (χ0) is 20.1. The van der Waals surface area contributed by atoms with Crippen molar-refractivity contribution in [2.24, 2.45) is 0 Å². The maximum atomic E-state index is 12.7. The molecule has 1 atom stereocenters. The molecule has 28 heavy (non-hydrogen) atoms. The number of fused-ring (bicyclic) bond motifs is 1. The molecule has 1 unspecified atom stereocenters. The minimum Gasteiger partial charge on any atom is -0.481 e. The van der Waals surface area contributed by atoms with Gasteiger partial charge in [-0.05, 0) is 38.3 Å². The molecule has 2 aromatic heterocycles. The van der Waals surface area contributed by atoms with E-state index < -0.39 is 5.97 Å². The number of pyridine rings is 1. The number of aliphatic carboxylic acids is 1. The van der Waals surface area contributed by atoms with E-state index in [9.17, 15) is 9.59 Å². The van der Waals surface area contributed by atoms with Crippen molar-refractivity contribution in [2.45, 2.75) is 45.2 Å². The first-order chi connectivity index (χ1) is 13.4. The van der Waals surface area contributed by atoms with E-state index in [1.54, 1.807) is 12.3 Å². The quantitative estimate of drug-likeness (QED) is 0.625. The number of benzene rings is 1. The van der Waals surface area contributed by atoms with Gasteiger partial charge >= 0.3 is 5.97 Å². The lowest BCUT2D eigenvalue weighted by Crippen LogP contribution is -2.37. The van der Waals surface area contributed by atoms with E-state index in [0.717, 1.165) is 16.6 Å². The fourth-order valence-electron chi connectivity index (χ4n) is 3.13. The van der Waals surface area contributed by atoms with E-state index in [0.29, 0.717) is 18.4 Å². The molecule has 3 aromatic rings. The second-order valence-electron chi connectivity index (χ2n) is 7.11. The molecule has 0 aliphatic heterocycles. The monoisotopic (exact) mass is 380 g/mol. The number of nitrogens with one attached hydrogen (secondary N) is 1. The summed E-state index contributed by atoms with van der Waals surface area (Å²) in [4.78, 5) is 28.1. The summed E-state index contributed by atoms with van der Waals surface area (Å²) in [6.07, 6.45) is 4.16. The topological polar surface area (TPSA) is 97.1 Å². The number of carboxylic acids is 1. The number of rotatable bonds is 8. The average Bonchev–Trinajstić information content (AvgIpc) is 3.10. The summed E-state index contributed by atoms with van der Waals surface area (Å²) < 4.78 is 1.81. The van der Waals surface area contributed by atoms with Crippen LogP contribution in [0.2, 0.25) is 0 Å². The molecule has 2 heterocycles. The molecule has 0 bridgehead atoms. The van der Waals surface area contributed by atoms with Crippen LogP contribution in [0.4, 0.5) is 0 Å². The smallest absolute Gasteiger partial charge is 0.303 e. The highest BCUT2D eigenvalue weighted by Gasteiger charge is 2.17. The van der Waals surface area contributed by atoms with Crippen LogP contribution in [0.5, 0.6) is 0 Å². The molecule has 0 saturated heterocycles. The van der Waals surface area contributed by atoms with Crippen LogP contribution in [0.3, 0.4) is 0 Å². The van der Waals surface area contributed by atoms with Crippen molar-refractivity contribution >= 4 is 22.9 Å². The third kappa shape index (κ3) is 4.73. The summed E-state index contributed by atoms with van der Waals surface area (Å²) >= 11 is 0. The number of nitrogens with zero attached hydrogens (tertiary/aromatic N) is 3. The van der Waals surface area contributed by atoms with E-state index in [-0.39, 0.29) is 24.4 Å². The minimum atomic E-state index is -0.878. The number of hydrogen-bond donors (Lipinski definition) is 2. The second kappa shape index (κ2) is 8.65. The van der Waals surface area contributed by atoms with Gasteiger partial charge in [0, 0.05) is 30.1 Å². The van der Waals surface area contributed by atoms with Crippen LogP contribution in [0.15, 0.2) is 48.8 Å². The summed E-state index contributed by atoms with van der Waals surface area (Å²) in [5, 5.41) is 17.1. The zero-order valence-electron chi connectivity index (χ0n) is 16.0. The first kappa shape index (κ1) is 19.5. The van der Waals surface area contributed by atoms with Crippen molar-refractivity contribution in [3.8, 4) is 0 Å². The zero-order valence-corrected chi connectivity index (χ0v) is 16.0. The van der Waals surface area contributed by atoms with Gasteiger partial charge in [0.15, 0.2) is 5.65 Å². The van der Waals surface area contributed by atoms with Gasteiger partial charge in [-0.1, -0.05) is 30.3 Å². The molecule has 0 aliphatic rings. The molecule has 0 radical (unpaired) electrons. The molecule has 1 aromatic carbocycles. The Labute approximate surface area is 163 Å². The molecule has 7 heteroatoms. The molecule has 2 N–H and O–H groups in total. The summed E-state index contributed by atoms with van der Waals surface area (Å²) in [7, 11) is 0. The average molecular weight is 380 g/mol. The molecule has 0 saturated carbocycles. The standard InChI is InChI=1S/C21H24N4O3/c1-14(2)25-20-16(13-23-25)11-17(12-22-20)21(28)24-18(8-9-19(26)27)10-15-6-4-3-5-7-15/h3-7,11-14,18H,8-10H2,1-2H3,(H,24,28)(H,26,27). The number of aromatic nitrogens is 3. The van der Waals surface area contributed by atoms with Crippen LogP contribution >= 0.6 is 0 Å². The van der Waals surface area contributed by atoms with Crippen LogP contribution in [0, 0.1) is 0 Å². The SMILES string of the molecule is CC(C)n1ncc2cc(C(=O)NC(CCC(=O)O)Cc3ccccc3)cnc21. The molecule has 0 fully saturated rings. The maximum absolute atomic E-state index is 12.7. The van der Waals surface area contributed by atoms with Crippen molar-refractivity contribution in [1.82, 2.24) is 20.1 Å². The highest BCUT2D eigenvalue weighted by atomic mass is 16.4. The highest BCUT2D eigenvalue weighted by molar-refractivity contribution is 5.97. The Morgan fingerprint density at radius 3 is 2.61 bits per heavy atom. The normalized spacial score (nSPS) is 12.2. The van der Waals surface area contributed by atoms with Gasteiger partial charge in [0.25, 0.3) is 5.91 Å². The van der Waals surface area contributed by atoms with Gasteiger partial charge in [-0.2, -0.15) is 5.10 Å². The first-order valence-corrected chi connectivity index (χ1v) is 9.34. The van der Waals surface area contributed by atoms with Crippen LogP contribution in [-0.2, 0) is 11.2 Å². The van der Waals surface area contributed by atoms with E-state index in [4.69, 9.17) is 5.11 Å². The van der Waals surface area contributed by atoms with Crippen LogP contribution in [-0.4, -0.2) is 37.8 Å². The lowest BCUT2D eigenvalue weighted by molar-refractivity contribution is -0.137. The summed E-state index contributed by atoms with van der Waals surface area (Å²) in [6.45, 7) is 4.04. The van der Waals surface area contributed by atoms with E-state index in [1.807, 2.05) is 48.9 Å². The summed E-state index contributed by atoms with van der Waals surface area (Å²) in [5.41, 5.74) is 2.22. The number of carboxylic acid groups (broad SMARTS) is 1. The largest absolute Gasteiger partial charge is 0.481 e. The summed E-state index contributed by atoms with van der Waals surface area (Å²) in [5.74, 6) is -1.14. The van der Waals surface area contributed by atoms with Gasteiger partial charge in [0.05, 0.1) is 11.8 Å². The Hall–Kier alpha value is -3.22. The molecule has 146 valence electrons. The minimum absolute atomic E-state index is 0.00375. The Bertz CT molecular complexity index is 966. The van der Waals surface area contributed by atoms with E-state index in [1.165, 1.54) is 6.20 Å². The molecule has 3 rings (SSSR count). The Balaban J connectivity index is 1.76. The summed E-state index contributed by atoms with van der Waals surface area (Å²) in [6, 6.07) is 11.4. The molecule has 1 amide bonds. The Morgan fingerprint density at radius 1 is 1.18 bits per heavy atom. The Kier molecular flexibility index (Phi) is 6.03. The maximum Gasteiger partial charge on any atom is 0.303 e. The fourth-order valence-corrected chi connectivity index (χ4v) is 3.13. The number of hydrogen-bond acceptors (Lipinski definition) is 4. The third-order valence-electron chi connectivity index (χ3n) is 4.55. The number of carbonyl (C=O) groups excluding carboxylic acids is 1. The molecule has 0 aliphatic carbocycles. The number of carbonyl (C=O) groups is 2. The molecular formula is C21H24N4O3. The van der Waals surface area contributed by atoms with Crippen molar-refractivity contribution in [3.05, 3.63) is 59.9 Å². The van der Waals surface area contributed by atoms with Gasteiger partial charge in [-0.3, -0.25) is 9.59 Å². The number of amides is 1. The van der Waals surface area contributed by atoms with E-state index >= 15 is 0 Å². The van der Waals surface area contributed by atoms with Gasteiger partial charge in [-0.15, -0.1) is 0 Å². The van der Waals surface area contributed by atoms with Gasteiger partial charge in [0.1, 0.15) is 0 Å². The first-order valence-electron chi connectivity index (χ1n) is 9.34. The van der Waals surface area contributed by atoms with Crippen molar-refractivity contribution < 1.29 is 14.7 Å². The van der Waals surface area contributed by atoms with E-state index in [2.05, 4.69) is 15.4 Å². The van der Waals surface area contributed by atoms with Gasteiger partial charge < -0.3 is 10.4 Å². The Morgan fingerprint density at radius 2 is 1.93 bits per heavy atom. The predicted octanol–water partition coefficient (Wildman–Crippen LogP) is 3.22. The molecule has 7 nitrogen and oxygen atoms in total. The highest BCUT2D eigenvalue weighted by Crippen LogP contribution is 2.17. The third-order valence-corrected chi connectivity index (χ3v) is 4.55. The lowest BCUT2D eigenvalue weighted by Gasteiger charge is -2.18. The van der Waals surface area contributed by atoms with Crippen LogP contribution in [0.1, 0.15) is 48.7 Å². The van der Waals surface area contributed by atoms with Crippen molar-refractivity contribution in [1.29, 1.82) is 0 Å². The fraction of sp³-hybridized carbons (Fsp3) is 0.333. The molecular weight excluding hydrogens is 356 g/mol.